The Balaban J connectivity index is 1.63. The second-order valence-corrected chi connectivity index (χ2v) is 10.3. The molecule has 2 aromatic heterocycles. The topological polar surface area (TPSA) is 64.0 Å². The summed E-state index contributed by atoms with van der Waals surface area (Å²) in [6.07, 6.45) is 2.84. The number of nitrogens with one attached hydrogen (secondary N) is 1. The van der Waals surface area contributed by atoms with Crippen LogP contribution in [0.1, 0.15) is 37.6 Å². The van der Waals surface area contributed by atoms with Crippen molar-refractivity contribution in [3.8, 4) is 0 Å². The molecule has 2 unspecified atom stereocenters. The predicted molar refractivity (Wildman–Crippen MR) is 121 cm³/mol. The average molecular weight is 482 g/mol. The molecule has 0 bridgehead atoms. The van der Waals surface area contributed by atoms with Crippen LogP contribution in [-0.2, 0) is 24.2 Å². The number of thiophene rings is 1. The molecule has 0 saturated heterocycles. The largest absolute Gasteiger partial charge is 0.323 e. The van der Waals surface area contributed by atoms with Gasteiger partial charge in [-0.2, -0.15) is 0 Å². The Morgan fingerprint density at radius 2 is 2.09 bits per heavy atom. The first-order valence-electron chi connectivity index (χ1n) is 10.4. The van der Waals surface area contributed by atoms with Crippen LogP contribution in [0.15, 0.2) is 22.1 Å². The number of aromatic nitrogens is 2. The van der Waals surface area contributed by atoms with Gasteiger partial charge in [-0.15, -0.1) is 11.3 Å². The minimum Gasteiger partial charge on any atom is -0.323 e. The van der Waals surface area contributed by atoms with Crippen molar-refractivity contribution in [1.29, 1.82) is 0 Å². The maximum absolute atomic E-state index is 13.9. The summed E-state index contributed by atoms with van der Waals surface area (Å²) in [7, 11) is 0. The molecular weight excluding hydrogens is 459 g/mol. The van der Waals surface area contributed by atoms with Gasteiger partial charge >= 0.3 is 0 Å². The standard InChI is InChI=1S/C22H22F3N3O2S2/c1-4-28-21(30)16-12-6-5-10(2)9-15(12)32-20(16)27-22(28)31-11(3)19(29)26-14-8-7-13(23)17(24)18(14)25/h7-8,10-11H,4-6,9H2,1-3H3,(H,26,29). The molecule has 5 nitrogen and oxygen atoms in total. The minimum atomic E-state index is -1.65. The summed E-state index contributed by atoms with van der Waals surface area (Å²) < 4.78 is 42.0. The molecule has 32 heavy (non-hydrogen) atoms. The Labute approximate surface area is 191 Å². The normalized spacial score (nSPS) is 16.8. The quantitative estimate of drug-likeness (QED) is 0.311. The van der Waals surface area contributed by atoms with Crippen LogP contribution in [0.4, 0.5) is 18.9 Å². The first kappa shape index (κ1) is 22.8. The molecule has 2 atom stereocenters. The van der Waals surface area contributed by atoms with Crippen LogP contribution in [0, 0.1) is 23.4 Å². The van der Waals surface area contributed by atoms with Gasteiger partial charge in [-0.3, -0.25) is 14.2 Å². The Morgan fingerprint density at radius 3 is 2.81 bits per heavy atom. The lowest BCUT2D eigenvalue weighted by molar-refractivity contribution is -0.115. The smallest absolute Gasteiger partial charge is 0.263 e. The molecule has 0 fully saturated rings. The van der Waals surface area contributed by atoms with E-state index in [1.54, 1.807) is 11.5 Å². The second-order valence-electron chi connectivity index (χ2n) is 7.95. The van der Waals surface area contributed by atoms with Crippen LogP contribution in [-0.4, -0.2) is 20.7 Å². The Hall–Kier alpha value is -2.33. The van der Waals surface area contributed by atoms with Gasteiger partial charge < -0.3 is 5.32 Å². The maximum Gasteiger partial charge on any atom is 0.263 e. The fraction of sp³-hybridized carbons (Fsp3) is 0.409. The molecule has 170 valence electrons. The summed E-state index contributed by atoms with van der Waals surface area (Å²) in [5.74, 6) is -4.49. The molecule has 1 amide bonds. The minimum absolute atomic E-state index is 0.119. The van der Waals surface area contributed by atoms with Crippen LogP contribution in [0.2, 0.25) is 0 Å². The van der Waals surface area contributed by atoms with Gasteiger partial charge in [0.2, 0.25) is 5.91 Å². The molecule has 0 aliphatic heterocycles. The van der Waals surface area contributed by atoms with Crippen molar-refractivity contribution in [2.24, 2.45) is 5.92 Å². The first-order valence-corrected chi connectivity index (χ1v) is 12.1. The third kappa shape index (κ3) is 4.05. The lowest BCUT2D eigenvalue weighted by Gasteiger charge is -2.18. The number of benzene rings is 1. The summed E-state index contributed by atoms with van der Waals surface area (Å²) >= 11 is 2.60. The molecule has 1 aliphatic rings. The third-order valence-corrected chi connectivity index (χ3v) is 7.88. The van der Waals surface area contributed by atoms with Crippen LogP contribution < -0.4 is 10.9 Å². The molecule has 4 rings (SSSR count). The van der Waals surface area contributed by atoms with Crippen molar-refractivity contribution in [2.45, 2.75) is 57.0 Å². The van der Waals surface area contributed by atoms with Gasteiger partial charge in [0.15, 0.2) is 22.6 Å². The second kappa shape index (κ2) is 8.90. The Kier molecular flexibility index (Phi) is 6.35. The van der Waals surface area contributed by atoms with Crippen LogP contribution in [0.5, 0.6) is 0 Å². The fourth-order valence-corrected chi connectivity index (χ4v) is 6.24. The number of carbonyl (C=O) groups is 1. The van der Waals surface area contributed by atoms with E-state index in [-0.39, 0.29) is 5.56 Å². The number of nitrogens with zero attached hydrogens (tertiary/aromatic N) is 2. The van der Waals surface area contributed by atoms with Gasteiger partial charge in [0.1, 0.15) is 4.83 Å². The molecule has 0 radical (unpaired) electrons. The number of hydrogen-bond donors (Lipinski definition) is 1. The van der Waals surface area contributed by atoms with E-state index in [1.807, 2.05) is 6.92 Å². The molecule has 1 N–H and O–H groups in total. The summed E-state index contributed by atoms with van der Waals surface area (Å²) in [5.41, 5.74) is 0.531. The zero-order valence-corrected chi connectivity index (χ0v) is 19.4. The highest BCUT2D eigenvalue weighted by molar-refractivity contribution is 8.00. The maximum atomic E-state index is 13.9. The number of hydrogen-bond acceptors (Lipinski definition) is 5. The van der Waals surface area contributed by atoms with E-state index in [4.69, 9.17) is 4.98 Å². The van der Waals surface area contributed by atoms with Gasteiger partial charge in [0.25, 0.3) is 5.56 Å². The lowest BCUT2D eigenvalue weighted by Crippen LogP contribution is -2.27. The van der Waals surface area contributed by atoms with Crippen molar-refractivity contribution in [2.75, 3.05) is 5.32 Å². The van der Waals surface area contributed by atoms with E-state index >= 15 is 0 Å². The third-order valence-electron chi connectivity index (χ3n) is 5.64. The van der Waals surface area contributed by atoms with E-state index in [2.05, 4.69) is 12.2 Å². The van der Waals surface area contributed by atoms with E-state index in [0.717, 1.165) is 48.7 Å². The molecule has 10 heteroatoms. The van der Waals surface area contributed by atoms with Crippen LogP contribution in [0.25, 0.3) is 10.2 Å². The number of amides is 1. The van der Waals surface area contributed by atoms with E-state index in [1.165, 1.54) is 16.2 Å². The molecular formula is C22H22F3N3O2S2. The van der Waals surface area contributed by atoms with Gasteiger partial charge in [0.05, 0.1) is 16.3 Å². The molecule has 2 heterocycles. The molecule has 0 spiro atoms. The van der Waals surface area contributed by atoms with Crippen molar-refractivity contribution in [3.05, 3.63) is 50.4 Å². The number of halogens is 3. The van der Waals surface area contributed by atoms with Crippen molar-refractivity contribution in [3.63, 3.8) is 0 Å². The zero-order valence-electron chi connectivity index (χ0n) is 17.8. The summed E-state index contributed by atoms with van der Waals surface area (Å²) in [4.78, 5) is 32.4. The monoisotopic (exact) mass is 481 g/mol. The Bertz CT molecular complexity index is 1270. The number of fused-ring (bicyclic) bond motifs is 3. The lowest BCUT2D eigenvalue weighted by atomic mass is 9.89. The highest BCUT2D eigenvalue weighted by Crippen LogP contribution is 2.37. The molecule has 1 aromatic carbocycles. The number of aryl methyl sites for hydroxylation is 1. The Morgan fingerprint density at radius 1 is 1.34 bits per heavy atom. The highest BCUT2D eigenvalue weighted by Gasteiger charge is 2.26. The van der Waals surface area contributed by atoms with Crippen molar-refractivity contribution < 1.29 is 18.0 Å². The van der Waals surface area contributed by atoms with E-state index in [9.17, 15) is 22.8 Å². The van der Waals surface area contributed by atoms with Crippen LogP contribution in [0.3, 0.4) is 0 Å². The summed E-state index contributed by atoms with van der Waals surface area (Å²) in [6, 6.07) is 1.71. The fourth-order valence-electron chi connectivity index (χ4n) is 3.84. The summed E-state index contributed by atoms with van der Waals surface area (Å²) in [5, 5.41) is 2.58. The predicted octanol–water partition coefficient (Wildman–Crippen LogP) is 5.14. The zero-order chi connectivity index (χ0) is 23.2. The number of thioether (sulfide) groups is 1. The van der Waals surface area contributed by atoms with Crippen molar-refractivity contribution in [1.82, 2.24) is 9.55 Å². The number of rotatable bonds is 5. The van der Waals surface area contributed by atoms with Gasteiger partial charge in [-0.05, 0) is 56.7 Å². The van der Waals surface area contributed by atoms with Gasteiger partial charge in [-0.25, -0.2) is 18.2 Å². The summed E-state index contributed by atoms with van der Waals surface area (Å²) in [6.45, 7) is 6.00. The van der Waals surface area contributed by atoms with E-state index < -0.39 is 34.3 Å². The molecule has 0 saturated carbocycles. The van der Waals surface area contributed by atoms with Gasteiger partial charge in [-0.1, -0.05) is 18.7 Å². The number of carbonyl (C=O) groups excluding carboxylic acids is 1. The van der Waals surface area contributed by atoms with Gasteiger partial charge in [0, 0.05) is 11.4 Å². The molecule has 1 aliphatic carbocycles. The molecule has 3 aromatic rings. The highest BCUT2D eigenvalue weighted by atomic mass is 32.2. The number of anilines is 1. The first-order chi connectivity index (χ1) is 15.2. The van der Waals surface area contributed by atoms with Crippen molar-refractivity contribution >= 4 is 44.9 Å². The van der Waals surface area contributed by atoms with E-state index in [0.29, 0.717) is 27.8 Å². The average Bonchev–Trinajstić information content (AvgIpc) is 3.11. The SMILES string of the molecule is CCn1c(SC(C)C(=O)Nc2ccc(F)c(F)c2F)nc2sc3c(c2c1=O)CCC(C)C3. The van der Waals surface area contributed by atoms with Crippen LogP contribution >= 0.6 is 23.1 Å².